The summed E-state index contributed by atoms with van der Waals surface area (Å²) in [6, 6.07) is 15.3. The van der Waals surface area contributed by atoms with E-state index in [1.54, 1.807) is 13.2 Å². The third-order valence-corrected chi connectivity index (χ3v) is 5.40. The van der Waals surface area contributed by atoms with Crippen LogP contribution >= 0.6 is 0 Å². The van der Waals surface area contributed by atoms with E-state index >= 15 is 0 Å². The van der Waals surface area contributed by atoms with E-state index in [0.717, 1.165) is 38.7 Å². The number of aliphatic hydroxyl groups is 1. The third-order valence-electron chi connectivity index (χ3n) is 5.40. The van der Waals surface area contributed by atoms with Crippen molar-refractivity contribution < 1.29 is 19.4 Å². The largest absolute Gasteiger partial charge is 0.497 e. The van der Waals surface area contributed by atoms with Gasteiger partial charge in [-0.15, -0.1) is 0 Å². The Labute approximate surface area is 160 Å². The molecule has 6 heteroatoms. The Bertz CT molecular complexity index is 1260. The average molecular weight is 374 g/mol. The van der Waals surface area contributed by atoms with Crippen molar-refractivity contribution in [3.8, 4) is 5.75 Å². The number of hydrogen-bond donors (Lipinski definition) is 1. The van der Waals surface area contributed by atoms with Gasteiger partial charge in [-0.1, -0.05) is 24.3 Å². The molecule has 0 fully saturated rings. The van der Waals surface area contributed by atoms with Crippen molar-refractivity contribution >= 4 is 27.8 Å². The Morgan fingerprint density at radius 2 is 1.96 bits per heavy atom. The molecule has 2 aromatic heterocycles. The van der Waals surface area contributed by atoms with Crippen molar-refractivity contribution in [2.24, 2.45) is 0 Å². The van der Waals surface area contributed by atoms with Gasteiger partial charge in [-0.25, -0.2) is 9.78 Å². The second-order valence-corrected chi connectivity index (χ2v) is 6.85. The smallest absolute Gasteiger partial charge is 0.356 e. The number of benzene rings is 2. The number of para-hydroxylation sites is 1. The van der Waals surface area contributed by atoms with Crippen LogP contribution in [0.15, 0.2) is 48.5 Å². The lowest BCUT2D eigenvalue weighted by atomic mass is 9.99. The lowest BCUT2D eigenvalue weighted by Gasteiger charge is -2.14. The molecule has 0 spiro atoms. The Morgan fingerprint density at radius 1 is 1.14 bits per heavy atom. The first kappa shape index (κ1) is 16.8. The van der Waals surface area contributed by atoms with E-state index in [2.05, 4.69) is 9.55 Å². The van der Waals surface area contributed by atoms with E-state index in [-0.39, 0.29) is 5.69 Å². The number of ether oxygens (including phenoxy) is 2. The molecule has 140 valence electrons. The summed E-state index contributed by atoms with van der Waals surface area (Å²) in [6.07, 6.45) is -0.960. The van der Waals surface area contributed by atoms with Crippen molar-refractivity contribution in [2.75, 3.05) is 14.2 Å². The maximum Gasteiger partial charge on any atom is 0.356 e. The van der Waals surface area contributed by atoms with Gasteiger partial charge >= 0.3 is 5.97 Å². The second kappa shape index (κ2) is 6.07. The third kappa shape index (κ3) is 2.25. The first-order valence-electron chi connectivity index (χ1n) is 8.97. The molecule has 2 aromatic carbocycles. The van der Waals surface area contributed by atoms with Gasteiger partial charge in [-0.3, -0.25) is 0 Å². The molecule has 4 aromatic rings. The first-order valence-corrected chi connectivity index (χ1v) is 8.97. The minimum absolute atomic E-state index is 0.184. The lowest BCUT2D eigenvalue weighted by Crippen LogP contribution is -2.10. The highest BCUT2D eigenvalue weighted by Crippen LogP contribution is 2.40. The van der Waals surface area contributed by atoms with Crippen LogP contribution in [0.1, 0.15) is 33.4 Å². The van der Waals surface area contributed by atoms with Crippen LogP contribution in [-0.2, 0) is 11.3 Å². The quantitative estimate of drug-likeness (QED) is 0.544. The van der Waals surface area contributed by atoms with Crippen LogP contribution < -0.4 is 4.74 Å². The highest BCUT2D eigenvalue weighted by atomic mass is 16.5. The Kier molecular flexibility index (Phi) is 3.64. The minimum atomic E-state index is -0.960. The molecule has 0 saturated carbocycles. The van der Waals surface area contributed by atoms with Crippen LogP contribution in [0, 0.1) is 0 Å². The minimum Gasteiger partial charge on any atom is -0.497 e. The fourth-order valence-corrected chi connectivity index (χ4v) is 4.10. The number of aromatic nitrogens is 2. The molecule has 0 radical (unpaired) electrons. The number of methoxy groups -OCH3 is 2. The summed E-state index contributed by atoms with van der Waals surface area (Å²) in [5.74, 6) is 0.203. The van der Waals surface area contributed by atoms with Crippen molar-refractivity contribution in [1.82, 2.24) is 9.55 Å². The number of rotatable bonds is 2. The SMILES string of the molecule is COC(=O)c1cc2c3ccccc3n3c2c(n1)C(O)c1ccc(OC)cc1C3. The zero-order valence-electron chi connectivity index (χ0n) is 15.5. The molecule has 6 nitrogen and oxygen atoms in total. The molecule has 0 bridgehead atoms. The number of carbonyl (C=O) groups excluding carboxylic acids is 1. The van der Waals surface area contributed by atoms with E-state index in [4.69, 9.17) is 9.47 Å². The molecule has 28 heavy (non-hydrogen) atoms. The molecule has 0 aliphatic carbocycles. The van der Waals surface area contributed by atoms with Crippen LogP contribution in [-0.4, -0.2) is 34.8 Å². The van der Waals surface area contributed by atoms with Crippen molar-refractivity contribution in [1.29, 1.82) is 0 Å². The van der Waals surface area contributed by atoms with E-state index in [1.165, 1.54) is 7.11 Å². The second-order valence-electron chi connectivity index (χ2n) is 6.85. The Hall–Kier alpha value is -3.38. The molecule has 1 N–H and O–H groups in total. The van der Waals surface area contributed by atoms with Gasteiger partial charge < -0.3 is 19.1 Å². The van der Waals surface area contributed by atoms with Crippen LogP contribution in [0.3, 0.4) is 0 Å². The maximum atomic E-state index is 12.2. The summed E-state index contributed by atoms with van der Waals surface area (Å²) < 4.78 is 12.4. The fraction of sp³-hybridized carbons (Fsp3) is 0.182. The van der Waals surface area contributed by atoms with E-state index < -0.39 is 12.1 Å². The summed E-state index contributed by atoms with van der Waals surface area (Å²) in [4.78, 5) is 16.7. The van der Waals surface area contributed by atoms with E-state index in [9.17, 15) is 9.90 Å². The van der Waals surface area contributed by atoms with Crippen LogP contribution in [0.2, 0.25) is 0 Å². The van der Waals surface area contributed by atoms with Crippen LogP contribution in [0.25, 0.3) is 21.8 Å². The molecule has 0 amide bonds. The van der Waals surface area contributed by atoms with Gasteiger partial charge in [0.25, 0.3) is 0 Å². The molecule has 1 unspecified atom stereocenters. The van der Waals surface area contributed by atoms with Crippen LogP contribution in [0.5, 0.6) is 5.75 Å². The maximum absolute atomic E-state index is 12.2. The van der Waals surface area contributed by atoms with E-state index in [1.807, 2.05) is 42.5 Å². The summed E-state index contributed by atoms with van der Waals surface area (Å²) >= 11 is 0. The zero-order valence-corrected chi connectivity index (χ0v) is 15.5. The van der Waals surface area contributed by atoms with Gasteiger partial charge in [-0.05, 0) is 35.4 Å². The molecule has 1 atom stereocenters. The molecule has 3 heterocycles. The molecule has 1 aliphatic heterocycles. The summed E-state index contributed by atoms with van der Waals surface area (Å²) in [7, 11) is 2.95. The van der Waals surface area contributed by atoms with Crippen LogP contribution in [0.4, 0.5) is 0 Å². The molecular weight excluding hydrogens is 356 g/mol. The van der Waals surface area contributed by atoms with Gasteiger partial charge in [0.05, 0.1) is 25.4 Å². The molecule has 0 saturated heterocycles. The van der Waals surface area contributed by atoms with E-state index in [0.29, 0.717) is 12.2 Å². The topological polar surface area (TPSA) is 73.6 Å². The van der Waals surface area contributed by atoms with Crippen molar-refractivity contribution in [3.63, 3.8) is 0 Å². The van der Waals surface area contributed by atoms with Gasteiger partial charge in [0.2, 0.25) is 0 Å². The Morgan fingerprint density at radius 3 is 2.75 bits per heavy atom. The summed E-state index contributed by atoms with van der Waals surface area (Å²) in [6.45, 7) is 0.569. The number of carbonyl (C=O) groups is 1. The number of nitrogens with zero attached hydrogens (tertiary/aromatic N) is 2. The van der Waals surface area contributed by atoms with Gasteiger partial charge in [-0.2, -0.15) is 0 Å². The predicted octanol–water partition coefficient (Wildman–Crippen LogP) is 3.43. The predicted molar refractivity (Wildman–Crippen MR) is 105 cm³/mol. The average Bonchev–Trinajstić information content (AvgIpc) is 2.99. The van der Waals surface area contributed by atoms with Gasteiger partial charge in [0, 0.05) is 22.8 Å². The van der Waals surface area contributed by atoms with Gasteiger partial charge in [0.15, 0.2) is 0 Å². The summed E-state index contributed by atoms with van der Waals surface area (Å²) in [5, 5.41) is 13.1. The fourth-order valence-electron chi connectivity index (χ4n) is 4.10. The van der Waals surface area contributed by atoms with Crippen molar-refractivity contribution in [2.45, 2.75) is 12.6 Å². The standard InChI is InChI=1S/C22H18N2O4/c1-27-13-7-8-14-12(9-13)11-24-18-6-4-3-5-15(18)16-10-17(22(26)28-2)23-19(20(16)24)21(14)25/h3-10,21,25H,11H2,1-2H3. The van der Waals surface area contributed by atoms with Gasteiger partial charge in [0.1, 0.15) is 17.5 Å². The number of hydrogen-bond acceptors (Lipinski definition) is 5. The molecule has 5 rings (SSSR count). The summed E-state index contributed by atoms with van der Waals surface area (Å²) in [5.41, 5.74) is 4.19. The Balaban J connectivity index is 1.91. The molecule has 1 aliphatic rings. The number of pyridine rings is 1. The normalized spacial score (nSPS) is 15.3. The highest BCUT2D eigenvalue weighted by molar-refractivity contribution is 6.10. The highest BCUT2D eigenvalue weighted by Gasteiger charge is 2.28. The first-order chi connectivity index (χ1) is 13.6. The number of aliphatic hydroxyl groups excluding tert-OH is 1. The molecular formula is C22H18N2O4. The lowest BCUT2D eigenvalue weighted by molar-refractivity contribution is 0.0593. The number of esters is 1. The monoisotopic (exact) mass is 374 g/mol. The number of fused-ring (bicyclic) bond motifs is 4. The zero-order chi connectivity index (χ0) is 19.4. The van der Waals surface area contributed by atoms with Crippen molar-refractivity contribution in [3.05, 3.63) is 71.0 Å².